The van der Waals surface area contributed by atoms with Gasteiger partial charge in [0.05, 0.1) is 12.8 Å². The Morgan fingerprint density at radius 3 is 3.12 bits per heavy atom. The van der Waals surface area contributed by atoms with E-state index in [1.807, 2.05) is 36.1 Å². The zero-order valence-corrected chi connectivity index (χ0v) is 13.3. The lowest BCUT2D eigenvalue weighted by molar-refractivity contribution is -0.122. The van der Waals surface area contributed by atoms with Gasteiger partial charge in [-0.15, -0.1) is 14.8 Å². The van der Waals surface area contributed by atoms with Crippen LogP contribution in [0, 0.1) is 6.92 Å². The van der Waals surface area contributed by atoms with Crippen LogP contribution >= 0.6 is 0 Å². The molecule has 3 aromatic rings. The second-order valence-electron chi connectivity index (χ2n) is 5.85. The molecule has 0 bridgehead atoms. The van der Waals surface area contributed by atoms with Gasteiger partial charge in [-0.2, -0.15) is 0 Å². The van der Waals surface area contributed by atoms with E-state index in [1.165, 1.54) is 4.63 Å². The van der Waals surface area contributed by atoms with Crippen molar-refractivity contribution in [2.45, 2.75) is 32.4 Å². The predicted molar refractivity (Wildman–Crippen MR) is 86.4 cm³/mol. The van der Waals surface area contributed by atoms with Crippen molar-refractivity contribution in [1.29, 1.82) is 0 Å². The monoisotopic (exact) mass is 326 g/mol. The van der Waals surface area contributed by atoms with E-state index < -0.39 is 0 Å². The van der Waals surface area contributed by atoms with Crippen LogP contribution in [0.25, 0.3) is 5.65 Å². The van der Waals surface area contributed by atoms with Gasteiger partial charge < -0.3 is 14.6 Å². The van der Waals surface area contributed by atoms with Gasteiger partial charge in [-0.05, 0) is 44.0 Å². The molecule has 1 fully saturated rings. The molecule has 8 heteroatoms. The van der Waals surface area contributed by atoms with Crippen LogP contribution in [0.3, 0.4) is 0 Å². The molecule has 4 rings (SSSR count). The van der Waals surface area contributed by atoms with E-state index in [9.17, 15) is 4.79 Å². The van der Waals surface area contributed by atoms with Crippen molar-refractivity contribution in [3.8, 4) is 0 Å². The van der Waals surface area contributed by atoms with Gasteiger partial charge in [0.15, 0.2) is 11.5 Å². The molecule has 8 nitrogen and oxygen atoms in total. The molecule has 1 saturated heterocycles. The Morgan fingerprint density at radius 2 is 2.29 bits per heavy atom. The summed E-state index contributed by atoms with van der Waals surface area (Å²) in [5.41, 5.74) is 0.703. The van der Waals surface area contributed by atoms with E-state index in [-0.39, 0.29) is 11.9 Å². The van der Waals surface area contributed by atoms with E-state index in [4.69, 9.17) is 4.42 Å². The van der Waals surface area contributed by atoms with Gasteiger partial charge in [0.2, 0.25) is 5.91 Å². The van der Waals surface area contributed by atoms with Crippen molar-refractivity contribution in [1.82, 2.24) is 25.1 Å². The zero-order valence-electron chi connectivity index (χ0n) is 13.3. The number of fused-ring (bicyclic) bond motifs is 1. The zero-order chi connectivity index (χ0) is 16.5. The summed E-state index contributed by atoms with van der Waals surface area (Å²) < 4.78 is 6.76. The molecule has 4 heterocycles. The molecule has 3 aromatic heterocycles. The number of carbonyl (C=O) groups is 1. The van der Waals surface area contributed by atoms with Gasteiger partial charge in [0.25, 0.3) is 0 Å². The summed E-state index contributed by atoms with van der Waals surface area (Å²) in [6, 6.07) is 7.19. The summed E-state index contributed by atoms with van der Waals surface area (Å²) >= 11 is 0. The average molecular weight is 326 g/mol. The summed E-state index contributed by atoms with van der Waals surface area (Å²) in [5.74, 6) is 2.14. The van der Waals surface area contributed by atoms with E-state index >= 15 is 0 Å². The fraction of sp³-hybridized carbons (Fsp3) is 0.375. The number of aryl methyl sites for hydroxylation is 1. The van der Waals surface area contributed by atoms with Gasteiger partial charge in [-0.3, -0.25) is 4.79 Å². The summed E-state index contributed by atoms with van der Waals surface area (Å²) in [6.45, 7) is 3.02. The van der Waals surface area contributed by atoms with Crippen LogP contribution in [0.5, 0.6) is 0 Å². The van der Waals surface area contributed by atoms with E-state index in [1.54, 1.807) is 6.26 Å². The fourth-order valence-corrected chi connectivity index (χ4v) is 3.05. The lowest BCUT2D eigenvalue weighted by Crippen LogP contribution is -2.43. The molecule has 0 radical (unpaired) electrons. The van der Waals surface area contributed by atoms with Crippen molar-refractivity contribution in [3.63, 3.8) is 0 Å². The van der Waals surface area contributed by atoms with Crippen LogP contribution in [-0.4, -0.2) is 38.3 Å². The number of anilines is 1. The molecule has 1 aliphatic heterocycles. The van der Waals surface area contributed by atoms with Crippen molar-refractivity contribution in [2.24, 2.45) is 0 Å². The molecule has 1 amide bonds. The Labute approximate surface area is 138 Å². The van der Waals surface area contributed by atoms with Crippen LogP contribution < -0.4 is 10.2 Å². The maximum absolute atomic E-state index is 12.5. The molecule has 1 aliphatic rings. The van der Waals surface area contributed by atoms with Gasteiger partial charge in [-0.1, -0.05) is 0 Å². The molecule has 0 spiro atoms. The van der Waals surface area contributed by atoms with E-state index in [0.29, 0.717) is 18.0 Å². The largest absolute Gasteiger partial charge is 0.467 e. The molecule has 124 valence electrons. The average Bonchev–Trinajstić information content (AvgIpc) is 3.30. The van der Waals surface area contributed by atoms with E-state index in [0.717, 1.165) is 31.0 Å². The fourth-order valence-electron chi connectivity index (χ4n) is 3.05. The third kappa shape index (κ3) is 2.70. The predicted octanol–water partition coefficient (Wildman–Crippen LogP) is 1.31. The number of rotatable bonds is 4. The number of amides is 1. The Bertz CT molecular complexity index is 857. The third-order valence-electron chi connectivity index (χ3n) is 4.17. The molecular weight excluding hydrogens is 308 g/mol. The number of hydrogen-bond donors (Lipinski definition) is 1. The molecule has 0 saturated carbocycles. The third-order valence-corrected chi connectivity index (χ3v) is 4.17. The van der Waals surface area contributed by atoms with Crippen molar-refractivity contribution in [2.75, 3.05) is 11.4 Å². The van der Waals surface area contributed by atoms with Crippen molar-refractivity contribution < 1.29 is 9.21 Å². The number of nitrogens with one attached hydrogen (secondary N) is 1. The Balaban J connectivity index is 1.51. The highest BCUT2D eigenvalue weighted by atomic mass is 16.3. The lowest BCUT2D eigenvalue weighted by atomic mass is 10.2. The highest BCUT2D eigenvalue weighted by molar-refractivity contribution is 5.85. The first-order valence-corrected chi connectivity index (χ1v) is 7.98. The highest BCUT2D eigenvalue weighted by Crippen LogP contribution is 2.24. The van der Waals surface area contributed by atoms with Crippen molar-refractivity contribution >= 4 is 17.4 Å². The van der Waals surface area contributed by atoms with Crippen molar-refractivity contribution in [3.05, 3.63) is 42.1 Å². The Kier molecular flexibility index (Phi) is 3.64. The lowest BCUT2D eigenvalue weighted by Gasteiger charge is -2.24. The molecule has 1 N–H and O–H groups in total. The minimum atomic E-state index is -0.227. The maximum atomic E-state index is 12.5. The Morgan fingerprint density at radius 1 is 1.38 bits per heavy atom. The topological polar surface area (TPSA) is 88.6 Å². The summed E-state index contributed by atoms with van der Waals surface area (Å²) in [7, 11) is 0. The van der Waals surface area contributed by atoms with Crippen LogP contribution in [0.2, 0.25) is 0 Å². The standard InChI is InChI=1S/C16H18N6O2/c1-11-18-14-6-7-15(20-22(14)19-11)21-8-2-5-13(21)16(23)17-10-12-4-3-9-24-12/h3-4,6-7,9,13H,2,5,8,10H2,1H3,(H,17,23)/t13-/m1/s1. The molecular formula is C16H18N6O2. The first kappa shape index (κ1) is 14.7. The van der Waals surface area contributed by atoms with Crippen LogP contribution in [-0.2, 0) is 11.3 Å². The number of aromatic nitrogens is 4. The molecule has 0 aliphatic carbocycles. The van der Waals surface area contributed by atoms with Crippen LogP contribution in [0.1, 0.15) is 24.4 Å². The second-order valence-corrected chi connectivity index (χ2v) is 5.85. The smallest absolute Gasteiger partial charge is 0.243 e. The van der Waals surface area contributed by atoms with E-state index in [2.05, 4.69) is 20.5 Å². The minimum Gasteiger partial charge on any atom is -0.467 e. The van der Waals surface area contributed by atoms with Crippen LogP contribution in [0.4, 0.5) is 5.82 Å². The normalized spacial score (nSPS) is 17.5. The number of carbonyl (C=O) groups excluding carboxylic acids is 1. The second kappa shape index (κ2) is 5.95. The molecule has 0 aromatic carbocycles. The van der Waals surface area contributed by atoms with Gasteiger partial charge in [0.1, 0.15) is 17.6 Å². The quantitative estimate of drug-likeness (QED) is 0.778. The first-order chi connectivity index (χ1) is 11.7. The van der Waals surface area contributed by atoms with Gasteiger partial charge in [0, 0.05) is 6.54 Å². The number of furan rings is 1. The van der Waals surface area contributed by atoms with Crippen LogP contribution in [0.15, 0.2) is 34.9 Å². The number of hydrogen-bond acceptors (Lipinski definition) is 6. The molecule has 0 unspecified atom stereocenters. The summed E-state index contributed by atoms with van der Waals surface area (Å²) in [6.07, 6.45) is 3.36. The molecule has 1 atom stereocenters. The SMILES string of the molecule is Cc1nc2ccc(N3CCC[C@@H]3C(=O)NCc3ccco3)nn2n1. The molecule has 24 heavy (non-hydrogen) atoms. The highest BCUT2D eigenvalue weighted by Gasteiger charge is 2.32. The number of nitrogens with zero attached hydrogens (tertiary/aromatic N) is 5. The van der Waals surface area contributed by atoms with Gasteiger partial charge >= 0.3 is 0 Å². The minimum absolute atomic E-state index is 0.0134. The first-order valence-electron chi connectivity index (χ1n) is 7.98. The summed E-state index contributed by atoms with van der Waals surface area (Å²) in [5, 5.41) is 11.7. The maximum Gasteiger partial charge on any atom is 0.243 e. The summed E-state index contributed by atoms with van der Waals surface area (Å²) in [4.78, 5) is 18.8. The van der Waals surface area contributed by atoms with Gasteiger partial charge in [-0.25, -0.2) is 4.98 Å². The Hall–Kier alpha value is -2.90.